The number of nitrogens with zero attached hydrogens (tertiary/aromatic N) is 5. The van der Waals surface area contributed by atoms with Crippen LogP contribution in [0.4, 0.5) is 5.82 Å². The second-order valence-corrected chi connectivity index (χ2v) is 4.82. The zero-order chi connectivity index (χ0) is 14.7. The van der Waals surface area contributed by atoms with Crippen LogP contribution in [0.25, 0.3) is 0 Å². The van der Waals surface area contributed by atoms with Gasteiger partial charge in [-0.1, -0.05) is 5.21 Å². The summed E-state index contributed by atoms with van der Waals surface area (Å²) in [4.78, 5) is 11.9. The summed E-state index contributed by atoms with van der Waals surface area (Å²) < 4.78 is 3.11. The fraction of sp³-hybridized carbons (Fsp3) is 0.500. The average Bonchev–Trinajstić information content (AvgIpc) is 2.97. The van der Waals surface area contributed by atoms with Gasteiger partial charge in [0.05, 0.1) is 18.5 Å². The van der Waals surface area contributed by atoms with Crippen LogP contribution in [0, 0.1) is 0 Å². The molecule has 0 saturated carbocycles. The van der Waals surface area contributed by atoms with Crippen molar-refractivity contribution in [1.82, 2.24) is 24.8 Å². The van der Waals surface area contributed by atoms with E-state index in [9.17, 15) is 9.90 Å². The molecule has 0 saturated heterocycles. The molecule has 0 radical (unpaired) electrons. The summed E-state index contributed by atoms with van der Waals surface area (Å²) in [7, 11) is 0. The Kier molecular flexibility index (Phi) is 4.14. The number of aliphatic hydroxyl groups excluding tert-OH is 1. The Morgan fingerprint density at radius 3 is 2.80 bits per heavy atom. The summed E-state index contributed by atoms with van der Waals surface area (Å²) in [5.41, 5.74) is 0.435. The van der Waals surface area contributed by atoms with Crippen molar-refractivity contribution in [2.75, 3.05) is 5.32 Å². The SMILES string of the molecule is CC(O)c1cn(CC(=O)Nc2ccnn2C(C)C)nn1. The van der Waals surface area contributed by atoms with Crippen molar-refractivity contribution < 1.29 is 9.90 Å². The molecule has 8 nitrogen and oxygen atoms in total. The van der Waals surface area contributed by atoms with Gasteiger partial charge in [0.25, 0.3) is 0 Å². The van der Waals surface area contributed by atoms with Crippen molar-refractivity contribution in [2.45, 2.75) is 39.5 Å². The van der Waals surface area contributed by atoms with E-state index in [0.717, 1.165) is 0 Å². The third-order valence-corrected chi connectivity index (χ3v) is 2.72. The lowest BCUT2D eigenvalue weighted by Gasteiger charge is -2.11. The smallest absolute Gasteiger partial charge is 0.247 e. The summed E-state index contributed by atoms with van der Waals surface area (Å²) >= 11 is 0. The lowest BCUT2D eigenvalue weighted by Crippen LogP contribution is -2.21. The van der Waals surface area contributed by atoms with Crippen molar-refractivity contribution in [3.8, 4) is 0 Å². The topological polar surface area (TPSA) is 97.9 Å². The number of nitrogens with one attached hydrogen (secondary N) is 1. The third kappa shape index (κ3) is 3.21. The van der Waals surface area contributed by atoms with Crippen LogP contribution in [0.3, 0.4) is 0 Å². The maximum absolute atomic E-state index is 11.9. The number of aromatic nitrogens is 5. The van der Waals surface area contributed by atoms with Gasteiger partial charge in [0.2, 0.25) is 5.91 Å². The molecule has 1 atom stereocenters. The highest BCUT2D eigenvalue weighted by atomic mass is 16.3. The van der Waals surface area contributed by atoms with E-state index >= 15 is 0 Å². The molecule has 2 heterocycles. The van der Waals surface area contributed by atoms with Gasteiger partial charge in [-0.3, -0.25) is 4.79 Å². The predicted octanol–water partition coefficient (Wildman–Crippen LogP) is 0.747. The number of amides is 1. The number of rotatable bonds is 5. The van der Waals surface area contributed by atoms with Crippen molar-refractivity contribution in [1.29, 1.82) is 0 Å². The molecule has 0 aliphatic carbocycles. The Labute approximate surface area is 116 Å². The first-order valence-corrected chi connectivity index (χ1v) is 6.39. The van der Waals surface area contributed by atoms with Crippen LogP contribution in [-0.4, -0.2) is 35.8 Å². The largest absolute Gasteiger partial charge is 0.387 e. The van der Waals surface area contributed by atoms with Crippen molar-refractivity contribution in [3.05, 3.63) is 24.2 Å². The number of aliphatic hydroxyl groups is 1. The Morgan fingerprint density at radius 2 is 2.20 bits per heavy atom. The van der Waals surface area contributed by atoms with Gasteiger partial charge >= 0.3 is 0 Å². The van der Waals surface area contributed by atoms with Crippen LogP contribution >= 0.6 is 0 Å². The number of anilines is 1. The van der Waals surface area contributed by atoms with Crippen LogP contribution in [0.1, 0.15) is 38.6 Å². The molecule has 1 unspecified atom stereocenters. The normalized spacial score (nSPS) is 12.7. The Balaban J connectivity index is 1.99. The summed E-state index contributed by atoms with van der Waals surface area (Å²) in [6.07, 6.45) is 2.48. The third-order valence-electron chi connectivity index (χ3n) is 2.72. The van der Waals surface area contributed by atoms with Crippen LogP contribution in [0.15, 0.2) is 18.5 Å². The van der Waals surface area contributed by atoms with E-state index in [0.29, 0.717) is 11.5 Å². The van der Waals surface area contributed by atoms with Gasteiger partial charge in [-0.2, -0.15) is 5.10 Å². The molecule has 2 rings (SSSR count). The van der Waals surface area contributed by atoms with Gasteiger partial charge in [-0.05, 0) is 20.8 Å². The van der Waals surface area contributed by atoms with Gasteiger partial charge in [-0.15, -0.1) is 5.10 Å². The highest BCUT2D eigenvalue weighted by Gasteiger charge is 2.12. The molecule has 0 bridgehead atoms. The van der Waals surface area contributed by atoms with Crippen molar-refractivity contribution in [3.63, 3.8) is 0 Å². The first-order chi connectivity index (χ1) is 9.47. The van der Waals surface area contributed by atoms with E-state index in [1.165, 1.54) is 4.68 Å². The van der Waals surface area contributed by atoms with Crippen LogP contribution in [0.5, 0.6) is 0 Å². The highest BCUT2D eigenvalue weighted by Crippen LogP contribution is 2.13. The Bertz CT molecular complexity index is 586. The summed E-state index contributed by atoms with van der Waals surface area (Å²) in [6.45, 7) is 5.59. The predicted molar refractivity (Wildman–Crippen MR) is 71.9 cm³/mol. The van der Waals surface area contributed by atoms with Gasteiger partial charge in [-0.25, -0.2) is 9.36 Å². The first kappa shape index (κ1) is 14.2. The van der Waals surface area contributed by atoms with E-state index in [-0.39, 0.29) is 18.5 Å². The lowest BCUT2D eigenvalue weighted by molar-refractivity contribution is -0.117. The van der Waals surface area contributed by atoms with Crippen LogP contribution in [0.2, 0.25) is 0 Å². The summed E-state index contributed by atoms with van der Waals surface area (Å²) in [5, 5.41) is 23.8. The molecule has 2 aromatic rings. The highest BCUT2D eigenvalue weighted by molar-refractivity contribution is 5.89. The van der Waals surface area contributed by atoms with Crippen LogP contribution < -0.4 is 5.32 Å². The van der Waals surface area contributed by atoms with Gasteiger partial charge < -0.3 is 10.4 Å². The van der Waals surface area contributed by atoms with Gasteiger partial charge in [0.1, 0.15) is 18.1 Å². The second kappa shape index (κ2) is 5.83. The maximum atomic E-state index is 11.9. The Hall–Kier alpha value is -2.22. The minimum Gasteiger partial charge on any atom is -0.387 e. The number of hydrogen-bond donors (Lipinski definition) is 2. The summed E-state index contributed by atoms with van der Waals surface area (Å²) in [6, 6.07) is 1.90. The van der Waals surface area contributed by atoms with E-state index in [1.807, 2.05) is 13.8 Å². The standard InChI is InChI=1S/C12H18N6O2/c1-8(2)18-11(4-5-13-18)14-12(20)7-17-6-10(9(3)19)15-16-17/h4-6,8-9,19H,7H2,1-3H3,(H,14,20). The molecule has 2 N–H and O–H groups in total. The molecule has 0 aromatic carbocycles. The number of carbonyl (C=O) groups is 1. The lowest BCUT2D eigenvalue weighted by atomic mass is 10.3. The van der Waals surface area contributed by atoms with E-state index in [4.69, 9.17) is 0 Å². The van der Waals surface area contributed by atoms with E-state index in [2.05, 4.69) is 20.7 Å². The van der Waals surface area contributed by atoms with Gasteiger partial charge in [0.15, 0.2) is 0 Å². The molecule has 1 amide bonds. The second-order valence-electron chi connectivity index (χ2n) is 4.82. The monoisotopic (exact) mass is 278 g/mol. The molecular weight excluding hydrogens is 260 g/mol. The number of carbonyl (C=O) groups excluding carboxylic acids is 1. The number of hydrogen-bond acceptors (Lipinski definition) is 5. The molecule has 108 valence electrons. The first-order valence-electron chi connectivity index (χ1n) is 6.39. The minimum absolute atomic E-state index is 0.0307. The molecule has 8 heteroatoms. The fourth-order valence-electron chi connectivity index (χ4n) is 1.74. The zero-order valence-corrected chi connectivity index (χ0v) is 11.7. The van der Waals surface area contributed by atoms with Crippen LogP contribution in [-0.2, 0) is 11.3 Å². The average molecular weight is 278 g/mol. The Morgan fingerprint density at radius 1 is 1.45 bits per heavy atom. The van der Waals surface area contributed by atoms with Crippen molar-refractivity contribution >= 4 is 11.7 Å². The molecule has 20 heavy (non-hydrogen) atoms. The molecular formula is C12H18N6O2. The molecule has 0 aliphatic rings. The molecule has 0 fully saturated rings. The molecule has 2 aromatic heterocycles. The summed E-state index contributed by atoms with van der Waals surface area (Å²) in [5.74, 6) is 0.412. The van der Waals surface area contributed by atoms with Crippen molar-refractivity contribution in [2.24, 2.45) is 0 Å². The van der Waals surface area contributed by atoms with Gasteiger partial charge in [0, 0.05) is 12.1 Å². The molecule has 0 spiro atoms. The quantitative estimate of drug-likeness (QED) is 0.841. The van der Waals surface area contributed by atoms with E-state index < -0.39 is 6.10 Å². The maximum Gasteiger partial charge on any atom is 0.247 e. The molecule has 0 aliphatic heterocycles. The minimum atomic E-state index is -0.700. The fourth-order valence-corrected chi connectivity index (χ4v) is 1.74. The zero-order valence-electron chi connectivity index (χ0n) is 11.7. The van der Waals surface area contributed by atoms with E-state index in [1.54, 1.807) is 30.1 Å².